The Morgan fingerprint density at radius 2 is 1.65 bits per heavy atom. The van der Waals surface area contributed by atoms with E-state index < -0.39 is 11.8 Å². The second-order valence-corrected chi connectivity index (χ2v) is 7.82. The van der Waals surface area contributed by atoms with E-state index >= 15 is 0 Å². The lowest BCUT2D eigenvalue weighted by molar-refractivity contribution is -0.114. The standard InChI is InChI=1S/C27H19FN2O4/c28-19-7-4-17(5-8-19)20-9-3-16(12-24(20)31)14-29-15-23-22-13-18(25-2-1-11-34-25)6-10-21(22)26(32)30-27(23)33/h1-13,15,29,31H,14H2,(H,30,32,33)/b23-15-. The van der Waals surface area contributed by atoms with Gasteiger partial charge in [-0.3, -0.25) is 14.9 Å². The van der Waals surface area contributed by atoms with Gasteiger partial charge in [0.25, 0.3) is 11.8 Å². The normalized spacial score (nSPS) is 14.1. The number of hydrogen-bond donors (Lipinski definition) is 3. The van der Waals surface area contributed by atoms with Crippen molar-refractivity contribution in [2.24, 2.45) is 0 Å². The summed E-state index contributed by atoms with van der Waals surface area (Å²) < 4.78 is 18.6. The molecule has 2 amide bonds. The molecule has 0 radical (unpaired) electrons. The van der Waals surface area contributed by atoms with Gasteiger partial charge in [-0.05, 0) is 53.6 Å². The Balaban J connectivity index is 1.38. The minimum Gasteiger partial charge on any atom is -0.507 e. The van der Waals surface area contributed by atoms with E-state index in [9.17, 15) is 19.1 Å². The van der Waals surface area contributed by atoms with Crippen molar-refractivity contribution in [2.45, 2.75) is 6.54 Å². The number of phenolic OH excluding ortho intramolecular Hbond substituents is 1. The number of phenols is 1. The van der Waals surface area contributed by atoms with Gasteiger partial charge in [0.15, 0.2) is 0 Å². The number of halogens is 1. The maximum Gasteiger partial charge on any atom is 0.260 e. The Bertz CT molecular complexity index is 1420. The molecule has 6 nitrogen and oxygen atoms in total. The van der Waals surface area contributed by atoms with Crippen LogP contribution in [0, 0.1) is 5.82 Å². The average molecular weight is 454 g/mol. The number of furan rings is 1. The first-order valence-corrected chi connectivity index (χ1v) is 10.5. The summed E-state index contributed by atoms with van der Waals surface area (Å²) in [5, 5.41) is 15.9. The second kappa shape index (κ2) is 8.71. The molecule has 1 aromatic heterocycles. The van der Waals surface area contributed by atoms with E-state index in [0.29, 0.717) is 40.1 Å². The fourth-order valence-corrected chi connectivity index (χ4v) is 3.90. The SMILES string of the molecule is O=C1NC(=O)c2ccc(-c3ccco3)cc2/C1=C/NCc1ccc(-c2ccc(F)cc2)c(O)c1. The van der Waals surface area contributed by atoms with Gasteiger partial charge in [0.2, 0.25) is 0 Å². The molecule has 0 spiro atoms. The van der Waals surface area contributed by atoms with E-state index in [1.807, 2.05) is 6.07 Å². The number of hydrogen-bond acceptors (Lipinski definition) is 5. The van der Waals surface area contributed by atoms with Crippen molar-refractivity contribution < 1.29 is 23.5 Å². The van der Waals surface area contributed by atoms with Crippen LogP contribution in [0.15, 0.2) is 89.7 Å². The van der Waals surface area contributed by atoms with Gasteiger partial charge in [-0.15, -0.1) is 0 Å². The molecule has 0 unspecified atom stereocenters. The van der Waals surface area contributed by atoms with Crippen LogP contribution in [0.4, 0.5) is 4.39 Å². The van der Waals surface area contributed by atoms with Crippen LogP contribution in [0.1, 0.15) is 21.5 Å². The maximum absolute atomic E-state index is 13.2. The van der Waals surface area contributed by atoms with E-state index in [1.165, 1.54) is 12.1 Å². The monoisotopic (exact) mass is 454 g/mol. The number of benzene rings is 3. The summed E-state index contributed by atoms with van der Waals surface area (Å²) in [6, 6.07) is 19.8. The van der Waals surface area contributed by atoms with E-state index in [0.717, 1.165) is 11.1 Å². The van der Waals surface area contributed by atoms with E-state index in [2.05, 4.69) is 10.6 Å². The zero-order valence-corrected chi connectivity index (χ0v) is 17.8. The molecule has 2 heterocycles. The highest BCUT2D eigenvalue weighted by Gasteiger charge is 2.27. The second-order valence-electron chi connectivity index (χ2n) is 7.82. The number of nitrogens with one attached hydrogen (secondary N) is 2. The smallest absolute Gasteiger partial charge is 0.260 e. The minimum absolute atomic E-state index is 0.0630. The zero-order valence-electron chi connectivity index (χ0n) is 17.8. The van der Waals surface area contributed by atoms with Gasteiger partial charge in [0.1, 0.15) is 17.3 Å². The first-order chi connectivity index (χ1) is 16.5. The third-order valence-electron chi connectivity index (χ3n) is 5.60. The van der Waals surface area contributed by atoms with Crippen molar-refractivity contribution >= 4 is 17.4 Å². The molecule has 0 saturated heterocycles. The highest BCUT2D eigenvalue weighted by Crippen LogP contribution is 2.31. The molecule has 34 heavy (non-hydrogen) atoms. The molecule has 0 aliphatic carbocycles. The van der Waals surface area contributed by atoms with Crippen LogP contribution >= 0.6 is 0 Å². The van der Waals surface area contributed by atoms with Crippen molar-refractivity contribution in [1.82, 2.24) is 10.6 Å². The lowest BCUT2D eigenvalue weighted by atomic mass is 9.93. The Kier molecular flexibility index (Phi) is 5.43. The molecule has 1 aliphatic heterocycles. The molecule has 7 heteroatoms. The third-order valence-corrected chi connectivity index (χ3v) is 5.60. The number of carbonyl (C=O) groups excluding carboxylic acids is 2. The van der Waals surface area contributed by atoms with E-state index in [1.54, 1.807) is 67.1 Å². The molecular weight excluding hydrogens is 435 g/mol. The number of rotatable bonds is 5. The number of aromatic hydroxyl groups is 1. The molecule has 168 valence electrons. The minimum atomic E-state index is -0.504. The molecule has 5 rings (SSSR count). The van der Waals surface area contributed by atoms with Crippen LogP contribution < -0.4 is 10.6 Å². The maximum atomic E-state index is 13.2. The molecule has 0 atom stereocenters. The fourth-order valence-electron chi connectivity index (χ4n) is 3.90. The van der Waals surface area contributed by atoms with Crippen molar-refractivity contribution in [3.8, 4) is 28.2 Å². The Morgan fingerprint density at radius 3 is 2.38 bits per heavy atom. The first-order valence-electron chi connectivity index (χ1n) is 10.5. The van der Waals surface area contributed by atoms with Gasteiger partial charge in [-0.1, -0.05) is 30.3 Å². The molecule has 0 bridgehead atoms. The average Bonchev–Trinajstić information content (AvgIpc) is 3.37. The lowest BCUT2D eigenvalue weighted by Crippen LogP contribution is -2.37. The first kappa shape index (κ1) is 21.2. The van der Waals surface area contributed by atoms with Crippen molar-refractivity contribution in [2.75, 3.05) is 0 Å². The van der Waals surface area contributed by atoms with Crippen molar-refractivity contribution in [1.29, 1.82) is 0 Å². The quantitative estimate of drug-likeness (QED) is 0.296. The predicted molar refractivity (Wildman–Crippen MR) is 125 cm³/mol. The number of carbonyl (C=O) groups is 2. The molecular formula is C27H19FN2O4. The summed E-state index contributed by atoms with van der Waals surface area (Å²) in [7, 11) is 0. The summed E-state index contributed by atoms with van der Waals surface area (Å²) in [6.07, 6.45) is 3.11. The Hall–Kier alpha value is -4.65. The van der Waals surface area contributed by atoms with E-state index in [-0.39, 0.29) is 11.6 Å². The van der Waals surface area contributed by atoms with E-state index in [4.69, 9.17) is 4.42 Å². The summed E-state index contributed by atoms with van der Waals surface area (Å²) >= 11 is 0. The van der Waals surface area contributed by atoms with Gasteiger partial charge in [-0.25, -0.2) is 4.39 Å². The van der Waals surface area contributed by atoms with Gasteiger partial charge >= 0.3 is 0 Å². The van der Waals surface area contributed by atoms with Crippen LogP contribution in [0.3, 0.4) is 0 Å². The predicted octanol–water partition coefficient (Wildman–Crippen LogP) is 4.86. The lowest BCUT2D eigenvalue weighted by Gasteiger charge is -2.19. The number of amides is 2. The topological polar surface area (TPSA) is 91.6 Å². The highest BCUT2D eigenvalue weighted by atomic mass is 19.1. The summed E-state index contributed by atoms with van der Waals surface area (Å²) in [4.78, 5) is 24.8. The molecule has 4 aromatic rings. The van der Waals surface area contributed by atoms with Crippen LogP contribution in [0.5, 0.6) is 5.75 Å². The summed E-state index contributed by atoms with van der Waals surface area (Å²) in [5.41, 5.74) is 4.03. The van der Waals surface area contributed by atoms with Gasteiger partial charge < -0.3 is 14.8 Å². The molecule has 1 aliphatic rings. The zero-order chi connectivity index (χ0) is 23.7. The Labute approximate surface area is 194 Å². The molecule has 0 fully saturated rings. The number of imide groups is 1. The Morgan fingerprint density at radius 1 is 0.882 bits per heavy atom. The van der Waals surface area contributed by atoms with Crippen LogP contribution in [-0.2, 0) is 11.3 Å². The third kappa shape index (κ3) is 4.06. The molecule has 3 aromatic carbocycles. The van der Waals surface area contributed by atoms with Crippen molar-refractivity contribution in [3.63, 3.8) is 0 Å². The summed E-state index contributed by atoms with van der Waals surface area (Å²) in [6.45, 7) is 0.329. The molecule has 0 saturated carbocycles. The highest BCUT2D eigenvalue weighted by molar-refractivity contribution is 6.31. The largest absolute Gasteiger partial charge is 0.507 e. The van der Waals surface area contributed by atoms with Gasteiger partial charge in [0.05, 0.1) is 11.8 Å². The number of fused-ring (bicyclic) bond motifs is 1. The van der Waals surface area contributed by atoms with Crippen LogP contribution in [0.2, 0.25) is 0 Å². The molecule has 3 N–H and O–H groups in total. The van der Waals surface area contributed by atoms with Gasteiger partial charge in [-0.2, -0.15) is 0 Å². The van der Waals surface area contributed by atoms with Crippen LogP contribution in [0.25, 0.3) is 28.0 Å². The van der Waals surface area contributed by atoms with Crippen LogP contribution in [-0.4, -0.2) is 16.9 Å². The van der Waals surface area contributed by atoms with Gasteiger partial charge in [0, 0.05) is 35.0 Å². The fraction of sp³-hybridized carbons (Fsp3) is 0.0370. The van der Waals surface area contributed by atoms with Crippen molar-refractivity contribution in [3.05, 3.63) is 108 Å². The summed E-state index contributed by atoms with van der Waals surface area (Å²) in [5.74, 6) is -0.609.